The lowest BCUT2D eigenvalue weighted by atomic mass is 9.99. The van der Waals surface area contributed by atoms with E-state index in [1.165, 1.54) is 12.1 Å². The molecule has 0 spiro atoms. The van der Waals surface area contributed by atoms with Gasteiger partial charge in [0, 0.05) is 17.4 Å². The fraction of sp³-hybridized carbons (Fsp3) is 0.176. The second-order valence-electron chi connectivity index (χ2n) is 4.92. The van der Waals surface area contributed by atoms with E-state index in [1.807, 2.05) is 37.3 Å². The smallest absolute Gasteiger partial charge is 0.134 e. The monoisotopic (exact) mass is 270 g/mol. The number of aliphatic hydroxyl groups is 1. The molecule has 0 saturated heterocycles. The highest BCUT2D eigenvalue weighted by Crippen LogP contribution is 2.32. The summed E-state index contributed by atoms with van der Waals surface area (Å²) in [5.41, 5.74) is 2.31. The Morgan fingerprint density at radius 1 is 1.15 bits per heavy atom. The Bertz CT molecular complexity index is 746. The van der Waals surface area contributed by atoms with Gasteiger partial charge < -0.3 is 9.52 Å². The maximum Gasteiger partial charge on any atom is 0.134 e. The van der Waals surface area contributed by atoms with Crippen molar-refractivity contribution in [2.75, 3.05) is 0 Å². The second-order valence-corrected chi connectivity index (χ2v) is 4.92. The zero-order valence-electron chi connectivity index (χ0n) is 11.1. The van der Waals surface area contributed by atoms with Crippen molar-refractivity contribution >= 4 is 11.0 Å². The average molecular weight is 270 g/mol. The Morgan fingerprint density at radius 2 is 1.95 bits per heavy atom. The third-order valence-corrected chi connectivity index (χ3v) is 3.47. The van der Waals surface area contributed by atoms with Crippen molar-refractivity contribution in [2.45, 2.75) is 19.4 Å². The highest BCUT2D eigenvalue weighted by Gasteiger charge is 2.18. The van der Waals surface area contributed by atoms with Crippen molar-refractivity contribution in [3.63, 3.8) is 0 Å². The highest BCUT2D eigenvalue weighted by molar-refractivity contribution is 5.82. The zero-order valence-corrected chi connectivity index (χ0v) is 11.1. The van der Waals surface area contributed by atoms with Crippen LogP contribution in [0.2, 0.25) is 0 Å². The van der Waals surface area contributed by atoms with Gasteiger partial charge >= 0.3 is 0 Å². The predicted octanol–water partition coefficient (Wildman–Crippen LogP) is 4.16. The molecule has 0 fully saturated rings. The molecule has 0 radical (unpaired) electrons. The normalized spacial score (nSPS) is 12.8. The van der Waals surface area contributed by atoms with E-state index in [1.54, 1.807) is 6.07 Å². The molecule has 0 aliphatic carbocycles. The fourth-order valence-electron chi connectivity index (χ4n) is 2.59. The molecule has 3 heteroatoms. The van der Waals surface area contributed by atoms with Crippen molar-refractivity contribution in [2.24, 2.45) is 0 Å². The van der Waals surface area contributed by atoms with E-state index < -0.39 is 6.10 Å². The second kappa shape index (κ2) is 5.10. The van der Waals surface area contributed by atoms with Gasteiger partial charge in [0.05, 0.1) is 6.10 Å². The van der Waals surface area contributed by atoms with Gasteiger partial charge in [-0.15, -0.1) is 0 Å². The van der Waals surface area contributed by atoms with Crippen molar-refractivity contribution in [1.82, 2.24) is 0 Å². The van der Waals surface area contributed by atoms with Crippen LogP contribution in [0.4, 0.5) is 4.39 Å². The Hall–Kier alpha value is -2.13. The number of hydrogen-bond acceptors (Lipinski definition) is 2. The number of furan rings is 1. The van der Waals surface area contributed by atoms with Gasteiger partial charge in [0.1, 0.15) is 17.2 Å². The van der Waals surface area contributed by atoms with Crippen molar-refractivity contribution < 1.29 is 13.9 Å². The minimum absolute atomic E-state index is 0.288. The third kappa shape index (κ3) is 2.32. The standard InChI is InChI=1S/C17H15FO2/c1-11-17(14-7-2-3-8-16(14)20-11)15(19)10-12-5-4-6-13(18)9-12/h2-9,15,19H,10H2,1H3. The number of halogens is 1. The van der Waals surface area contributed by atoms with Crippen LogP contribution in [0.5, 0.6) is 0 Å². The van der Waals surface area contributed by atoms with E-state index in [0.29, 0.717) is 12.2 Å². The summed E-state index contributed by atoms with van der Waals surface area (Å²) in [5.74, 6) is 0.415. The average Bonchev–Trinajstić information content (AvgIpc) is 2.74. The molecule has 0 aliphatic rings. The molecule has 0 aliphatic heterocycles. The molecule has 0 saturated carbocycles. The van der Waals surface area contributed by atoms with E-state index in [0.717, 1.165) is 22.1 Å². The largest absolute Gasteiger partial charge is 0.461 e. The first kappa shape index (κ1) is 12.9. The van der Waals surface area contributed by atoms with Gasteiger partial charge in [0.15, 0.2) is 0 Å². The van der Waals surface area contributed by atoms with E-state index in [-0.39, 0.29) is 5.82 Å². The first-order chi connectivity index (χ1) is 9.65. The van der Waals surface area contributed by atoms with Gasteiger partial charge in [-0.2, -0.15) is 0 Å². The molecule has 20 heavy (non-hydrogen) atoms. The predicted molar refractivity (Wildman–Crippen MR) is 76.0 cm³/mol. The molecule has 2 nitrogen and oxygen atoms in total. The fourth-order valence-corrected chi connectivity index (χ4v) is 2.59. The van der Waals surface area contributed by atoms with Crippen LogP contribution in [-0.2, 0) is 6.42 Å². The lowest BCUT2D eigenvalue weighted by Gasteiger charge is -2.10. The molecule has 3 aromatic rings. The van der Waals surface area contributed by atoms with Gasteiger partial charge in [-0.1, -0.05) is 30.3 Å². The first-order valence-electron chi connectivity index (χ1n) is 6.55. The number of hydrogen-bond donors (Lipinski definition) is 1. The van der Waals surface area contributed by atoms with Gasteiger partial charge in [-0.3, -0.25) is 0 Å². The van der Waals surface area contributed by atoms with Crippen LogP contribution in [0.25, 0.3) is 11.0 Å². The van der Waals surface area contributed by atoms with Gasteiger partial charge in [0.25, 0.3) is 0 Å². The summed E-state index contributed by atoms with van der Waals surface area (Å²) in [6.45, 7) is 1.84. The van der Waals surface area contributed by atoms with E-state index in [4.69, 9.17) is 4.42 Å². The van der Waals surface area contributed by atoms with Gasteiger partial charge in [-0.05, 0) is 30.7 Å². The summed E-state index contributed by atoms with van der Waals surface area (Å²) < 4.78 is 18.8. The zero-order chi connectivity index (χ0) is 14.1. The highest BCUT2D eigenvalue weighted by atomic mass is 19.1. The lowest BCUT2D eigenvalue weighted by Crippen LogP contribution is -2.02. The number of benzene rings is 2. The first-order valence-corrected chi connectivity index (χ1v) is 6.55. The quantitative estimate of drug-likeness (QED) is 0.775. The molecule has 1 aromatic heterocycles. The van der Waals surface area contributed by atoms with Crippen molar-refractivity contribution in [3.8, 4) is 0 Å². The molecule has 1 N–H and O–H groups in total. The minimum Gasteiger partial charge on any atom is -0.461 e. The SMILES string of the molecule is Cc1oc2ccccc2c1C(O)Cc1cccc(F)c1. The Balaban J connectivity index is 1.96. The van der Waals surface area contributed by atoms with Crippen molar-refractivity contribution in [1.29, 1.82) is 0 Å². The van der Waals surface area contributed by atoms with Crippen LogP contribution in [0.3, 0.4) is 0 Å². The molecule has 1 atom stereocenters. The summed E-state index contributed by atoms with van der Waals surface area (Å²) in [5, 5.41) is 11.4. The van der Waals surface area contributed by atoms with Crippen LogP contribution >= 0.6 is 0 Å². The van der Waals surface area contributed by atoms with Crippen LogP contribution in [0.1, 0.15) is 23.0 Å². The molecule has 3 rings (SSSR count). The summed E-state index contributed by atoms with van der Waals surface area (Å²) in [7, 11) is 0. The summed E-state index contributed by atoms with van der Waals surface area (Å²) >= 11 is 0. The number of para-hydroxylation sites is 1. The van der Waals surface area contributed by atoms with Crippen molar-refractivity contribution in [3.05, 3.63) is 71.2 Å². The lowest BCUT2D eigenvalue weighted by molar-refractivity contribution is 0.177. The van der Waals surface area contributed by atoms with Crippen LogP contribution < -0.4 is 0 Å². The summed E-state index contributed by atoms with van der Waals surface area (Å²) in [4.78, 5) is 0. The molecule has 102 valence electrons. The van der Waals surface area contributed by atoms with Gasteiger partial charge in [-0.25, -0.2) is 4.39 Å². The molecule has 0 amide bonds. The molecule has 0 bridgehead atoms. The molecule has 1 unspecified atom stereocenters. The number of rotatable bonds is 3. The Kier molecular flexibility index (Phi) is 3.28. The van der Waals surface area contributed by atoms with E-state index >= 15 is 0 Å². The molecular formula is C17H15FO2. The minimum atomic E-state index is -0.708. The van der Waals surface area contributed by atoms with E-state index in [9.17, 15) is 9.50 Å². The summed E-state index contributed by atoms with van der Waals surface area (Å²) in [6.07, 6.45) is -0.345. The Labute approximate surface area is 116 Å². The van der Waals surface area contributed by atoms with Crippen LogP contribution in [0.15, 0.2) is 52.9 Å². The summed E-state index contributed by atoms with van der Waals surface area (Å²) in [6, 6.07) is 13.9. The van der Waals surface area contributed by atoms with Crippen LogP contribution in [-0.4, -0.2) is 5.11 Å². The molecular weight excluding hydrogens is 255 g/mol. The number of aryl methyl sites for hydroxylation is 1. The topological polar surface area (TPSA) is 33.4 Å². The number of aliphatic hydroxyl groups excluding tert-OH is 1. The Morgan fingerprint density at radius 3 is 2.75 bits per heavy atom. The third-order valence-electron chi connectivity index (χ3n) is 3.47. The maximum absolute atomic E-state index is 13.2. The number of fused-ring (bicyclic) bond motifs is 1. The maximum atomic E-state index is 13.2. The van der Waals surface area contributed by atoms with Gasteiger partial charge in [0.2, 0.25) is 0 Å². The van der Waals surface area contributed by atoms with E-state index in [2.05, 4.69) is 0 Å². The molecule has 2 aromatic carbocycles. The van der Waals surface area contributed by atoms with Crippen LogP contribution in [0, 0.1) is 12.7 Å². The molecule has 1 heterocycles.